The number of amides is 1. The number of rotatable bonds is 4. The zero-order chi connectivity index (χ0) is 22.3. The molecule has 0 aromatic carbocycles. The molecule has 3 heterocycles. The number of aliphatic hydroxyl groups excluding tert-OH is 2. The molecule has 172 valence electrons. The molecule has 31 heavy (non-hydrogen) atoms. The van der Waals surface area contributed by atoms with Crippen molar-refractivity contribution in [2.75, 3.05) is 14.1 Å². The van der Waals surface area contributed by atoms with Crippen molar-refractivity contribution in [2.24, 2.45) is 0 Å². The molecule has 0 bridgehead atoms. The Morgan fingerprint density at radius 3 is 2.52 bits per heavy atom. The summed E-state index contributed by atoms with van der Waals surface area (Å²) < 4.78 is 17.9. The Morgan fingerprint density at radius 2 is 1.87 bits per heavy atom. The number of nitrogens with one attached hydrogen (secondary N) is 3. The van der Waals surface area contributed by atoms with Gasteiger partial charge in [-0.15, -0.1) is 0 Å². The van der Waals surface area contributed by atoms with Crippen molar-refractivity contribution < 1.29 is 34.3 Å². The van der Waals surface area contributed by atoms with Crippen LogP contribution >= 0.6 is 0 Å². The highest BCUT2D eigenvalue weighted by Crippen LogP contribution is 2.42. The van der Waals surface area contributed by atoms with Gasteiger partial charge in [-0.1, -0.05) is 6.07 Å². The van der Waals surface area contributed by atoms with Crippen LogP contribution < -0.4 is 16.0 Å². The summed E-state index contributed by atoms with van der Waals surface area (Å²) in [6.45, 7) is 1.79. The van der Waals surface area contributed by atoms with Crippen LogP contribution in [0.3, 0.4) is 0 Å². The maximum Gasteiger partial charge on any atom is 0.270 e. The van der Waals surface area contributed by atoms with Gasteiger partial charge in [0.15, 0.2) is 0 Å². The second-order valence-electron chi connectivity index (χ2n) is 8.30. The largest absolute Gasteiger partial charge is 0.390 e. The van der Waals surface area contributed by atoms with Gasteiger partial charge in [-0.2, -0.15) is 0 Å². The van der Waals surface area contributed by atoms with E-state index in [1.165, 1.54) is 6.20 Å². The number of aliphatic hydroxyl groups is 3. The number of carbonyl (C=O) groups is 1. The molecule has 4 rings (SSSR count). The van der Waals surface area contributed by atoms with E-state index in [1.807, 2.05) is 0 Å². The monoisotopic (exact) mass is 438 g/mol. The topological polar surface area (TPSA) is 154 Å². The first-order chi connectivity index (χ1) is 14.8. The number of ether oxygens (including phenoxy) is 3. The van der Waals surface area contributed by atoms with Crippen LogP contribution in [0.4, 0.5) is 0 Å². The van der Waals surface area contributed by atoms with Crippen molar-refractivity contribution in [3.05, 3.63) is 30.1 Å². The van der Waals surface area contributed by atoms with Crippen LogP contribution in [0, 0.1) is 0 Å². The highest BCUT2D eigenvalue weighted by Gasteiger charge is 2.63. The van der Waals surface area contributed by atoms with Crippen molar-refractivity contribution in [3.63, 3.8) is 0 Å². The maximum atomic E-state index is 12.7. The lowest BCUT2D eigenvalue weighted by atomic mass is 9.79. The Morgan fingerprint density at radius 1 is 1.13 bits per heavy atom. The van der Waals surface area contributed by atoms with E-state index in [1.54, 1.807) is 39.2 Å². The van der Waals surface area contributed by atoms with Crippen LogP contribution in [0.25, 0.3) is 0 Å². The molecule has 1 aromatic heterocycles. The van der Waals surface area contributed by atoms with Gasteiger partial charge in [0, 0.05) is 6.20 Å². The number of aromatic nitrogens is 1. The van der Waals surface area contributed by atoms with Gasteiger partial charge in [-0.05, 0) is 39.6 Å². The number of fused-ring (bicyclic) bond motifs is 2. The molecule has 1 amide bonds. The molecule has 3 aliphatic rings. The average molecular weight is 438 g/mol. The maximum absolute atomic E-state index is 12.7. The lowest BCUT2D eigenvalue weighted by Crippen LogP contribution is -2.79. The SMILES string of the molecule is CN[C@@H]1[C@H](O)[C@H](NC)C2O[C@]3(O)C(OC2[C@H]1O)O[C@H](C)C[C@H]3NC(=O)c1ccccn1. The lowest BCUT2D eigenvalue weighted by molar-refractivity contribution is -0.448. The van der Waals surface area contributed by atoms with E-state index in [2.05, 4.69) is 20.9 Å². The fraction of sp³-hybridized carbons (Fsp3) is 0.700. The first kappa shape index (κ1) is 22.5. The standard InChI is InChI=1S/C20H30N4O7/c1-9-8-11(24-18(27)10-6-4-5-7-23-10)20(28)19(29-9)30-17-15(26)12(21-2)14(25)13(22-3)16(17)31-20/h4-7,9,11-17,19,21-22,25-26,28H,8H2,1-3H3,(H,24,27)/t9-,11-,12-,13+,14+,15+,16?,17?,19?,20+/m1/s1. The summed E-state index contributed by atoms with van der Waals surface area (Å²) in [7, 11) is 3.28. The van der Waals surface area contributed by atoms with Gasteiger partial charge in [-0.3, -0.25) is 9.78 Å². The molecule has 1 aromatic rings. The summed E-state index contributed by atoms with van der Waals surface area (Å²) in [5.74, 6) is -2.50. The smallest absolute Gasteiger partial charge is 0.270 e. The molecule has 6 N–H and O–H groups in total. The van der Waals surface area contributed by atoms with E-state index in [0.29, 0.717) is 0 Å². The molecular weight excluding hydrogens is 408 g/mol. The quantitative estimate of drug-likeness (QED) is 0.302. The van der Waals surface area contributed by atoms with Gasteiger partial charge in [-0.25, -0.2) is 0 Å². The molecule has 3 unspecified atom stereocenters. The molecule has 0 radical (unpaired) electrons. The average Bonchev–Trinajstić information content (AvgIpc) is 2.75. The lowest BCUT2D eigenvalue weighted by Gasteiger charge is -2.58. The van der Waals surface area contributed by atoms with Crippen LogP contribution in [0.5, 0.6) is 0 Å². The van der Waals surface area contributed by atoms with Crippen molar-refractivity contribution in [1.82, 2.24) is 20.9 Å². The molecule has 11 nitrogen and oxygen atoms in total. The summed E-state index contributed by atoms with van der Waals surface area (Å²) in [5.41, 5.74) is 0.199. The van der Waals surface area contributed by atoms with E-state index in [9.17, 15) is 20.1 Å². The van der Waals surface area contributed by atoms with Gasteiger partial charge in [0.2, 0.25) is 12.1 Å². The number of hydrogen-bond donors (Lipinski definition) is 6. The van der Waals surface area contributed by atoms with Crippen LogP contribution in [-0.4, -0.2) is 101 Å². The zero-order valence-electron chi connectivity index (χ0n) is 17.6. The van der Waals surface area contributed by atoms with Gasteiger partial charge in [0.25, 0.3) is 5.91 Å². The minimum atomic E-state index is -2.03. The van der Waals surface area contributed by atoms with Crippen LogP contribution in [0.15, 0.2) is 24.4 Å². The highest BCUT2D eigenvalue weighted by atomic mass is 16.8. The fourth-order valence-corrected chi connectivity index (χ4v) is 4.75. The highest BCUT2D eigenvalue weighted by molar-refractivity contribution is 5.92. The van der Waals surface area contributed by atoms with E-state index in [0.717, 1.165) is 0 Å². The number of carbonyl (C=O) groups excluding carboxylic acids is 1. The van der Waals surface area contributed by atoms with Crippen molar-refractivity contribution in [3.8, 4) is 0 Å². The Labute approximate surface area is 180 Å². The molecule has 2 saturated heterocycles. The number of nitrogens with zero attached hydrogens (tertiary/aromatic N) is 1. The number of pyridine rings is 1. The molecule has 1 saturated carbocycles. The second kappa shape index (κ2) is 8.68. The molecule has 2 aliphatic heterocycles. The van der Waals surface area contributed by atoms with Crippen LogP contribution in [0.1, 0.15) is 23.8 Å². The van der Waals surface area contributed by atoms with Crippen LogP contribution in [0.2, 0.25) is 0 Å². The minimum Gasteiger partial charge on any atom is -0.390 e. The van der Waals surface area contributed by atoms with E-state index in [-0.39, 0.29) is 18.2 Å². The molecule has 0 spiro atoms. The van der Waals surface area contributed by atoms with Gasteiger partial charge in [0.05, 0.1) is 30.3 Å². The molecular formula is C20H30N4O7. The van der Waals surface area contributed by atoms with Crippen molar-refractivity contribution in [1.29, 1.82) is 0 Å². The third-order valence-electron chi connectivity index (χ3n) is 6.35. The summed E-state index contributed by atoms with van der Waals surface area (Å²) in [6, 6.07) is 2.76. The minimum absolute atomic E-state index is 0.199. The summed E-state index contributed by atoms with van der Waals surface area (Å²) in [5, 5.41) is 41.7. The Bertz CT molecular complexity index is 786. The normalized spacial score (nSPS) is 44.8. The van der Waals surface area contributed by atoms with E-state index in [4.69, 9.17) is 14.2 Å². The summed E-state index contributed by atoms with van der Waals surface area (Å²) in [4.78, 5) is 16.7. The fourth-order valence-electron chi connectivity index (χ4n) is 4.75. The van der Waals surface area contributed by atoms with Gasteiger partial charge >= 0.3 is 0 Å². The number of hydrogen-bond acceptors (Lipinski definition) is 10. The first-order valence-corrected chi connectivity index (χ1v) is 10.4. The Hall–Kier alpha value is -1.70. The molecule has 11 heteroatoms. The van der Waals surface area contributed by atoms with Crippen molar-refractivity contribution >= 4 is 5.91 Å². The number of likely N-dealkylation sites (N-methyl/N-ethyl adjacent to an activating group) is 2. The Balaban J connectivity index is 1.61. The van der Waals surface area contributed by atoms with E-state index < -0.39 is 60.5 Å². The predicted octanol–water partition coefficient (Wildman–Crippen LogP) is -2.30. The van der Waals surface area contributed by atoms with Crippen LogP contribution in [-0.2, 0) is 14.2 Å². The summed E-state index contributed by atoms with van der Waals surface area (Å²) in [6.07, 6.45) is -3.72. The van der Waals surface area contributed by atoms with Gasteiger partial charge < -0.3 is 45.5 Å². The molecule has 3 fully saturated rings. The molecule has 1 aliphatic carbocycles. The summed E-state index contributed by atoms with van der Waals surface area (Å²) >= 11 is 0. The first-order valence-electron chi connectivity index (χ1n) is 10.4. The third-order valence-corrected chi connectivity index (χ3v) is 6.35. The van der Waals surface area contributed by atoms with E-state index >= 15 is 0 Å². The Kier molecular flexibility index (Phi) is 6.30. The second-order valence-corrected chi connectivity index (χ2v) is 8.30. The third kappa shape index (κ3) is 3.85. The zero-order valence-corrected chi connectivity index (χ0v) is 17.6. The molecule has 10 atom stereocenters. The van der Waals surface area contributed by atoms with Crippen molar-refractivity contribution in [2.45, 2.75) is 74.1 Å². The van der Waals surface area contributed by atoms with Gasteiger partial charge in [0.1, 0.15) is 24.0 Å². The predicted molar refractivity (Wildman–Crippen MR) is 107 cm³/mol.